The molecule has 19 heavy (non-hydrogen) atoms. The molecule has 0 fully saturated rings. The highest BCUT2D eigenvalue weighted by Gasteiger charge is 2.12. The predicted molar refractivity (Wildman–Crippen MR) is 79.5 cm³/mol. The molecule has 0 saturated carbocycles. The summed E-state index contributed by atoms with van der Waals surface area (Å²) in [5, 5.41) is 0. The van der Waals surface area contributed by atoms with E-state index in [9.17, 15) is 0 Å². The van der Waals surface area contributed by atoms with E-state index in [-0.39, 0.29) is 0 Å². The summed E-state index contributed by atoms with van der Waals surface area (Å²) in [6.45, 7) is 5.01. The molecule has 0 aliphatic heterocycles. The highest BCUT2D eigenvalue weighted by atomic mass is 32.1. The zero-order valence-corrected chi connectivity index (χ0v) is 11.9. The number of nitrogens with zero attached hydrogens (tertiary/aromatic N) is 3. The van der Waals surface area contributed by atoms with Crippen LogP contribution in [0.25, 0.3) is 11.0 Å². The molecule has 0 radical (unpaired) electrons. The maximum absolute atomic E-state index is 5.83. The van der Waals surface area contributed by atoms with Gasteiger partial charge in [0, 0.05) is 17.0 Å². The quantitative estimate of drug-likeness (QED) is 0.746. The van der Waals surface area contributed by atoms with Crippen LogP contribution in [0.3, 0.4) is 0 Å². The molecule has 4 nitrogen and oxygen atoms in total. The molecule has 2 aromatic heterocycles. The maximum atomic E-state index is 5.83. The Morgan fingerprint density at radius 1 is 1.37 bits per heavy atom. The Morgan fingerprint density at radius 3 is 2.89 bits per heavy atom. The standard InChI is InChI=1S/C14H16N4S/c1-3-14-17-11-6-10(15)4-5-12(11)18(14)7-13-9(2)16-8-19-13/h4-6,8H,3,7,15H2,1-2H3. The molecule has 2 N–H and O–H groups in total. The van der Waals surface area contributed by atoms with E-state index in [2.05, 4.69) is 28.4 Å². The molecule has 2 heterocycles. The highest BCUT2D eigenvalue weighted by Crippen LogP contribution is 2.23. The van der Waals surface area contributed by atoms with Crippen LogP contribution in [0.2, 0.25) is 0 Å². The van der Waals surface area contributed by atoms with E-state index in [1.165, 1.54) is 4.88 Å². The van der Waals surface area contributed by atoms with Crippen molar-refractivity contribution in [1.29, 1.82) is 0 Å². The zero-order valence-electron chi connectivity index (χ0n) is 11.1. The van der Waals surface area contributed by atoms with Gasteiger partial charge in [-0.15, -0.1) is 11.3 Å². The average molecular weight is 272 g/mol. The summed E-state index contributed by atoms with van der Waals surface area (Å²) in [6, 6.07) is 5.91. The molecule has 3 aromatic rings. The molecule has 0 saturated heterocycles. The first-order valence-corrected chi connectivity index (χ1v) is 7.20. The van der Waals surface area contributed by atoms with E-state index >= 15 is 0 Å². The van der Waals surface area contributed by atoms with Gasteiger partial charge in [-0.2, -0.15) is 0 Å². The largest absolute Gasteiger partial charge is 0.399 e. The van der Waals surface area contributed by atoms with Crippen molar-refractivity contribution in [2.75, 3.05) is 5.73 Å². The first kappa shape index (κ1) is 12.2. The molecule has 98 valence electrons. The molecule has 0 aliphatic carbocycles. The van der Waals surface area contributed by atoms with Crippen molar-refractivity contribution in [3.8, 4) is 0 Å². The fourth-order valence-corrected chi connectivity index (χ4v) is 3.03. The lowest BCUT2D eigenvalue weighted by Gasteiger charge is -2.07. The Labute approximate surface area is 115 Å². The number of benzene rings is 1. The Morgan fingerprint density at radius 2 is 2.21 bits per heavy atom. The SMILES string of the molecule is CCc1nc2cc(N)ccc2n1Cc1scnc1C. The van der Waals surface area contributed by atoms with Crippen molar-refractivity contribution in [3.05, 3.63) is 40.1 Å². The Hall–Kier alpha value is -1.88. The third-order valence-corrected chi connectivity index (χ3v) is 4.23. The van der Waals surface area contributed by atoms with Crippen LogP contribution in [-0.4, -0.2) is 14.5 Å². The second-order valence-electron chi connectivity index (χ2n) is 4.58. The van der Waals surface area contributed by atoms with Gasteiger partial charge >= 0.3 is 0 Å². The summed E-state index contributed by atoms with van der Waals surface area (Å²) in [7, 11) is 0. The number of nitrogens with two attached hydrogens (primary N) is 1. The minimum absolute atomic E-state index is 0.758. The van der Waals surface area contributed by atoms with Crippen molar-refractivity contribution in [2.24, 2.45) is 0 Å². The van der Waals surface area contributed by atoms with Gasteiger partial charge in [-0.05, 0) is 25.1 Å². The van der Waals surface area contributed by atoms with Crippen LogP contribution in [0, 0.1) is 6.92 Å². The fourth-order valence-electron chi connectivity index (χ4n) is 2.26. The normalized spacial score (nSPS) is 11.3. The number of nitrogen functional groups attached to an aromatic ring is 1. The molecular weight excluding hydrogens is 256 g/mol. The summed E-state index contributed by atoms with van der Waals surface area (Å²) < 4.78 is 2.26. The van der Waals surface area contributed by atoms with Crippen LogP contribution in [0.4, 0.5) is 5.69 Å². The number of hydrogen-bond donors (Lipinski definition) is 1. The van der Waals surface area contributed by atoms with Crippen LogP contribution < -0.4 is 5.73 Å². The number of imidazole rings is 1. The predicted octanol–water partition coefficient (Wildman–Crippen LogP) is 2.99. The molecule has 5 heteroatoms. The number of aromatic nitrogens is 3. The minimum Gasteiger partial charge on any atom is -0.399 e. The lowest BCUT2D eigenvalue weighted by molar-refractivity contribution is 0.757. The molecule has 0 bridgehead atoms. The molecule has 0 spiro atoms. The summed E-state index contributed by atoms with van der Waals surface area (Å²) in [5.41, 5.74) is 11.7. The lowest BCUT2D eigenvalue weighted by atomic mass is 10.3. The van der Waals surface area contributed by atoms with Gasteiger partial charge in [0.15, 0.2) is 0 Å². The molecule has 3 rings (SSSR count). The second-order valence-corrected chi connectivity index (χ2v) is 5.52. The molecule has 0 atom stereocenters. The van der Waals surface area contributed by atoms with Crippen LogP contribution >= 0.6 is 11.3 Å². The number of thiazole rings is 1. The third-order valence-electron chi connectivity index (χ3n) is 3.31. The first-order valence-electron chi connectivity index (χ1n) is 6.32. The van der Waals surface area contributed by atoms with E-state index < -0.39 is 0 Å². The topological polar surface area (TPSA) is 56.7 Å². The first-order chi connectivity index (χ1) is 9.19. The monoisotopic (exact) mass is 272 g/mol. The molecule has 0 amide bonds. The maximum Gasteiger partial charge on any atom is 0.109 e. The van der Waals surface area contributed by atoms with Gasteiger partial charge in [0.1, 0.15) is 5.82 Å². The Balaban J connectivity index is 2.13. The number of aryl methyl sites for hydroxylation is 2. The number of rotatable bonds is 3. The highest BCUT2D eigenvalue weighted by molar-refractivity contribution is 7.09. The van der Waals surface area contributed by atoms with Crippen molar-refractivity contribution in [1.82, 2.24) is 14.5 Å². The summed E-state index contributed by atoms with van der Waals surface area (Å²) in [5.74, 6) is 1.09. The van der Waals surface area contributed by atoms with E-state index in [4.69, 9.17) is 5.73 Å². The van der Waals surface area contributed by atoms with E-state index in [0.717, 1.165) is 41.2 Å². The number of fused-ring (bicyclic) bond motifs is 1. The van der Waals surface area contributed by atoms with Crippen molar-refractivity contribution in [2.45, 2.75) is 26.8 Å². The van der Waals surface area contributed by atoms with Gasteiger partial charge in [0.05, 0.1) is 28.8 Å². The number of anilines is 1. The van der Waals surface area contributed by atoms with Gasteiger partial charge in [-0.25, -0.2) is 9.97 Å². The summed E-state index contributed by atoms with van der Waals surface area (Å²) >= 11 is 1.69. The minimum atomic E-state index is 0.758. The number of hydrogen-bond acceptors (Lipinski definition) is 4. The van der Waals surface area contributed by atoms with Crippen LogP contribution in [-0.2, 0) is 13.0 Å². The van der Waals surface area contributed by atoms with Crippen molar-refractivity contribution in [3.63, 3.8) is 0 Å². The van der Waals surface area contributed by atoms with Crippen molar-refractivity contribution < 1.29 is 0 Å². The van der Waals surface area contributed by atoms with Gasteiger partial charge in [-0.1, -0.05) is 6.92 Å². The Bertz CT molecular complexity index is 726. The molecule has 0 unspecified atom stereocenters. The van der Waals surface area contributed by atoms with Gasteiger partial charge < -0.3 is 10.3 Å². The van der Waals surface area contributed by atoms with Gasteiger partial charge in [0.2, 0.25) is 0 Å². The van der Waals surface area contributed by atoms with E-state index in [1.807, 2.05) is 23.7 Å². The van der Waals surface area contributed by atoms with E-state index in [1.54, 1.807) is 11.3 Å². The van der Waals surface area contributed by atoms with Crippen LogP contribution in [0.1, 0.15) is 23.3 Å². The molecule has 1 aromatic carbocycles. The molecular formula is C14H16N4S. The van der Waals surface area contributed by atoms with Crippen LogP contribution in [0.5, 0.6) is 0 Å². The van der Waals surface area contributed by atoms with Gasteiger partial charge in [-0.3, -0.25) is 0 Å². The fraction of sp³-hybridized carbons (Fsp3) is 0.286. The second kappa shape index (κ2) is 4.66. The summed E-state index contributed by atoms with van der Waals surface area (Å²) in [6.07, 6.45) is 0.909. The van der Waals surface area contributed by atoms with Gasteiger partial charge in [0.25, 0.3) is 0 Å². The lowest BCUT2D eigenvalue weighted by Crippen LogP contribution is -2.04. The molecule has 0 aliphatic rings. The smallest absolute Gasteiger partial charge is 0.109 e. The Kier molecular flexibility index (Phi) is 2.98. The summed E-state index contributed by atoms with van der Waals surface area (Å²) in [4.78, 5) is 10.3. The van der Waals surface area contributed by atoms with E-state index in [0.29, 0.717) is 0 Å². The van der Waals surface area contributed by atoms with Crippen LogP contribution in [0.15, 0.2) is 23.7 Å². The van der Waals surface area contributed by atoms with Crippen molar-refractivity contribution >= 4 is 28.1 Å². The average Bonchev–Trinajstić information content (AvgIpc) is 2.94. The third kappa shape index (κ3) is 2.10. The zero-order chi connectivity index (χ0) is 13.4.